The topological polar surface area (TPSA) is 43.3 Å². The average Bonchev–Trinajstić information content (AvgIpc) is 2.72. The van der Waals surface area contributed by atoms with Crippen LogP contribution in [-0.4, -0.2) is 83.3 Å². The van der Waals surface area contributed by atoms with E-state index in [2.05, 4.69) is 51.2 Å². The van der Waals surface area contributed by atoms with Crippen LogP contribution in [0.15, 0.2) is 29.3 Å². The summed E-state index contributed by atoms with van der Waals surface area (Å²) in [6.45, 7) is 6.11. The maximum Gasteiger partial charge on any atom is 0.193 e. The molecular weight excluding hydrogens is 350 g/mol. The highest BCUT2D eigenvalue weighted by molar-refractivity contribution is 5.80. The normalized spacial score (nSPS) is 15.2. The number of rotatable bonds is 10. The Labute approximate surface area is 171 Å². The highest BCUT2D eigenvalue weighted by Crippen LogP contribution is 2.28. The Morgan fingerprint density at radius 1 is 1.04 bits per heavy atom. The van der Waals surface area contributed by atoms with E-state index >= 15 is 0 Å². The zero-order valence-electron chi connectivity index (χ0n) is 18.3. The van der Waals surface area contributed by atoms with Crippen LogP contribution in [0, 0.1) is 0 Å². The minimum Gasteiger partial charge on any atom is -0.495 e. The summed E-state index contributed by atoms with van der Waals surface area (Å²) >= 11 is 0. The molecule has 1 N–H and O–H groups in total. The van der Waals surface area contributed by atoms with E-state index in [-0.39, 0.29) is 0 Å². The fourth-order valence-electron chi connectivity index (χ4n) is 3.67. The Bertz CT molecular complexity index is 582. The molecule has 158 valence electrons. The van der Waals surface area contributed by atoms with Crippen LogP contribution < -0.4 is 15.0 Å². The lowest BCUT2D eigenvalue weighted by Gasteiger charge is -2.38. The number of benzene rings is 1. The SMILES string of the molecule is CN=C(NCCCCCCCN(C)C)N1CCN(c2ccccc2OC)CC1. The first-order valence-corrected chi connectivity index (χ1v) is 10.6. The number of nitrogens with zero attached hydrogens (tertiary/aromatic N) is 4. The molecule has 1 heterocycles. The van der Waals surface area contributed by atoms with Crippen molar-refractivity contribution >= 4 is 11.6 Å². The maximum atomic E-state index is 5.51. The number of methoxy groups -OCH3 is 1. The number of hydrogen-bond donors (Lipinski definition) is 1. The first-order chi connectivity index (χ1) is 13.7. The van der Waals surface area contributed by atoms with Gasteiger partial charge in [0, 0.05) is 39.8 Å². The van der Waals surface area contributed by atoms with Crippen molar-refractivity contribution in [3.63, 3.8) is 0 Å². The molecule has 1 aliphatic rings. The van der Waals surface area contributed by atoms with Gasteiger partial charge in [0.1, 0.15) is 5.75 Å². The number of unbranched alkanes of at least 4 members (excludes halogenated alkanes) is 4. The Balaban J connectivity index is 1.66. The van der Waals surface area contributed by atoms with Crippen molar-refractivity contribution < 1.29 is 4.74 Å². The maximum absolute atomic E-state index is 5.51. The summed E-state index contributed by atoms with van der Waals surface area (Å²) in [6.07, 6.45) is 6.46. The molecule has 0 aliphatic carbocycles. The van der Waals surface area contributed by atoms with E-state index in [1.165, 1.54) is 44.3 Å². The second kappa shape index (κ2) is 12.5. The Morgan fingerprint density at radius 2 is 1.71 bits per heavy atom. The second-order valence-electron chi connectivity index (χ2n) is 7.69. The molecule has 0 aromatic heterocycles. The van der Waals surface area contributed by atoms with Gasteiger partial charge >= 0.3 is 0 Å². The molecule has 0 radical (unpaired) electrons. The van der Waals surface area contributed by atoms with Crippen LogP contribution in [0.2, 0.25) is 0 Å². The molecule has 1 aromatic carbocycles. The number of nitrogens with one attached hydrogen (secondary N) is 1. The third kappa shape index (κ3) is 7.23. The van der Waals surface area contributed by atoms with Gasteiger partial charge in [0.05, 0.1) is 12.8 Å². The van der Waals surface area contributed by atoms with Crippen LogP contribution >= 0.6 is 0 Å². The standard InChI is InChI=1S/C22H39N5O/c1-23-22(24-14-10-6-5-7-11-15-25(2)3)27-18-16-26(17-19-27)20-12-8-9-13-21(20)28-4/h8-9,12-13H,5-7,10-11,14-19H2,1-4H3,(H,23,24). The van der Waals surface area contributed by atoms with Crippen molar-refractivity contribution in [2.45, 2.75) is 32.1 Å². The summed E-state index contributed by atoms with van der Waals surface area (Å²) < 4.78 is 5.51. The van der Waals surface area contributed by atoms with Crippen molar-refractivity contribution in [1.29, 1.82) is 0 Å². The fourth-order valence-corrected chi connectivity index (χ4v) is 3.67. The van der Waals surface area contributed by atoms with Crippen LogP contribution in [0.5, 0.6) is 5.75 Å². The van der Waals surface area contributed by atoms with Gasteiger partial charge in [-0.3, -0.25) is 4.99 Å². The van der Waals surface area contributed by atoms with Crippen molar-refractivity contribution in [2.75, 3.05) is 72.4 Å². The highest BCUT2D eigenvalue weighted by Gasteiger charge is 2.21. The summed E-state index contributed by atoms with van der Waals surface area (Å²) in [6, 6.07) is 8.26. The molecule has 1 aromatic rings. The van der Waals surface area contributed by atoms with Gasteiger partial charge in [-0.25, -0.2) is 0 Å². The summed E-state index contributed by atoms with van der Waals surface area (Å²) in [5, 5.41) is 3.55. The van der Waals surface area contributed by atoms with Crippen LogP contribution in [0.4, 0.5) is 5.69 Å². The summed E-state index contributed by atoms with van der Waals surface area (Å²) in [4.78, 5) is 11.5. The van der Waals surface area contributed by atoms with E-state index in [1.54, 1.807) is 7.11 Å². The minimum absolute atomic E-state index is 0.948. The quantitative estimate of drug-likeness (QED) is 0.379. The number of ether oxygens (including phenoxy) is 1. The molecule has 1 fully saturated rings. The summed E-state index contributed by atoms with van der Waals surface area (Å²) in [5.41, 5.74) is 1.18. The Morgan fingerprint density at radius 3 is 2.39 bits per heavy atom. The predicted octanol–water partition coefficient (Wildman–Crippen LogP) is 2.90. The lowest BCUT2D eigenvalue weighted by Crippen LogP contribution is -2.52. The lowest BCUT2D eigenvalue weighted by atomic mass is 10.1. The van der Waals surface area contributed by atoms with Gasteiger partial charge < -0.3 is 24.8 Å². The van der Waals surface area contributed by atoms with E-state index in [0.717, 1.165) is 44.4 Å². The van der Waals surface area contributed by atoms with Crippen LogP contribution in [0.25, 0.3) is 0 Å². The number of guanidine groups is 1. The Hall–Kier alpha value is -1.95. The van der Waals surface area contributed by atoms with Gasteiger partial charge in [0.15, 0.2) is 5.96 Å². The number of hydrogen-bond acceptors (Lipinski definition) is 4. The smallest absolute Gasteiger partial charge is 0.193 e. The largest absolute Gasteiger partial charge is 0.495 e. The van der Waals surface area contributed by atoms with Crippen molar-refractivity contribution in [3.05, 3.63) is 24.3 Å². The first-order valence-electron chi connectivity index (χ1n) is 10.6. The van der Waals surface area contributed by atoms with E-state index < -0.39 is 0 Å². The fraction of sp³-hybridized carbons (Fsp3) is 0.682. The van der Waals surface area contributed by atoms with Gasteiger partial charge in [0.25, 0.3) is 0 Å². The molecule has 0 spiro atoms. The second-order valence-corrected chi connectivity index (χ2v) is 7.69. The molecule has 0 saturated carbocycles. The number of anilines is 1. The third-order valence-corrected chi connectivity index (χ3v) is 5.28. The lowest BCUT2D eigenvalue weighted by molar-refractivity contribution is 0.366. The van der Waals surface area contributed by atoms with Crippen LogP contribution in [-0.2, 0) is 0 Å². The monoisotopic (exact) mass is 389 g/mol. The summed E-state index contributed by atoms with van der Waals surface area (Å²) in [5.74, 6) is 1.98. The molecule has 28 heavy (non-hydrogen) atoms. The van der Waals surface area contributed by atoms with Gasteiger partial charge in [-0.2, -0.15) is 0 Å². The van der Waals surface area contributed by atoms with Crippen molar-refractivity contribution in [2.24, 2.45) is 4.99 Å². The van der Waals surface area contributed by atoms with Gasteiger partial charge in [-0.1, -0.05) is 31.4 Å². The highest BCUT2D eigenvalue weighted by atomic mass is 16.5. The molecule has 0 bridgehead atoms. The molecule has 6 nitrogen and oxygen atoms in total. The van der Waals surface area contributed by atoms with Crippen LogP contribution in [0.1, 0.15) is 32.1 Å². The molecule has 2 rings (SSSR count). The first kappa shape index (κ1) is 22.3. The zero-order chi connectivity index (χ0) is 20.2. The van der Waals surface area contributed by atoms with E-state index in [1.807, 2.05) is 19.2 Å². The minimum atomic E-state index is 0.948. The zero-order valence-corrected chi connectivity index (χ0v) is 18.3. The van der Waals surface area contributed by atoms with Gasteiger partial charge in [-0.05, 0) is 45.6 Å². The molecule has 6 heteroatoms. The van der Waals surface area contributed by atoms with E-state index in [9.17, 15) is 0 Å². The number of aliphatic imine (C=N–C) groups is 1. The molecule has 1 aliphatic heterocycles. The van der Waals surface area contributed by atoms with E-state index in [4.69, 9.17) is 4.74 Å². The average molecular weight is 390 g/mol. The van der Waals surface area contributed by atoms with Gasteiger partial charge in [0.2, 0.25) is 0 Å². The molecule has 0 unspecified atom stereocenters. The molecule has 0 atom stereocenters. The number of piperazine rings is 1. The van der Waals surface area contributed by atoms with Crippen molar-refractivity contribution in [3.8, 4) is 5.75 Å². The molecule has 0 amide bonds. The van der Waals surface area contributed by atoms with E-state index in [0.29, 0.717) is 0 Å². The van der Waals surface area contributed by atoms with Crippen LogP contribution in [0.3, 0.4) is 0 Å². The molecular formula is C22H39N5O. The van der Waals surface area contributed by atoms with Crippen molar-refractivity contribution in [1.82, 2.24) is 15.1 Å². The summed E-state index contributed by atoms with van der Waals surface area (Å²) in [7, 11) is 7.91. The molecule has 1 saturated heterocycles. The Kier molecular flexibility index (Phi) is 9.97. The number of para-hydroxylation sites is 2. The predicted molar refractivity (Wildman–Crippen MR) is 120 cm³/mol. The van der Waals surface area contributed by atoms with Gasteiger partial charge in [-0.15, -0.1) is 0 Å². The third-order valence-electron chi connectivity index (χ3n) is 5.28.